The van der Waals surface area contributed by atoms with Gasteiger partial charge in [-0.1, -0.05) is 0 Å². The van der Waals surface area contributed by atoms with Crippen LogP contribution < -0.4 is 10.6 Å². The lowest BCUT2D eigenvalue weighted by molar-refractivity contribution is -0.144. The Hall–Kier alpha value is -3.79. The minimum Gasteiger partial charge on any atom is -0.349 e. The molecule has 45 heavy (non-hydrogen) atoms. The van der Waals surface area contributed by atoms with Gasteiger partial charge in [0.1, 0.15) is 6.33 Å². The summed E-state index contributed by atoms with van der Waals surface area (Å²) in [5.74, 6) is -8.68. The van der Waals surface area contributed by atoms with Crippen LogP contribution in [0.1, 0.15) is 91.7 Å². The number of amides is 2. The van der Waals surface area contributed by atoms with Gasteiger partial charge in [-0.05, 0) is 49.1 Å². The van der Waals surface area contributed by atoms with Crippen LogP contribution >= 0.6 is 0 Å². The van der Waals surface area contributed by atoms with E-state index in [2.05, 4.69) is 30.8 Å². The van der Waals surface area contributed by atoms with E-state index < -0.39 is 66.6 Å². The topological polar surface area (TPSA) is 119 Å². The van der Waals surface area contributed by atoms with Crippen molar-refractivity contribution >= 4 is 17.5 Å². The van der Waals surface area contributed by atoms with E-state index >= 15 is 0 Å². The van der Waals surface area contributed by atoms with E-state index in [1.165, 1.54) is 10.7 Å². The smallest absolute Gasteiger partial charge is 0.349 e. The molecule has 6 rings (SSSR count). The molecule has 2 N–H and O–H groups in total. The highest BCUT2D eigenvalue weighted by Gasteiger charge is 2.57. The monoisotopic (exact) mass is 644 g/mol. The van der Waals surface area contributed by atoms with Gasteiger partial charge in [0.15, 0.2) is 5.65 Å². The number of carbonyl (C=O) groups excluding carboxylic acids is 2. The number of alkyl halides is 7. The Labute approximate surface area is 252 Å². The number of hydrogen-bond donors (Lipinski definition) is 2. The SMILES string of the molecule is O=C(CCC(F)(F)F)N[C@H](c1cnn2cc([C@H](NC(=O)c3ncnn3CC3CC3(F)F)C3CCC(F)(F)CC3)nc2c1)C1CC1. The van der Waals surface area contributed by atoms with Crippen LogP contribution in [-0.4, -0.2) is 59.2 Å². The summed E-state index contributed by atoms with van der Waals surface area (Å²) in [5, 5.41) is 13.8. The molecule has 3 aliphatic rings. The number of imidazole rings is 1. The number of halogens is 7. The van der Waals surface area contributed by atoms with Crippen molar-refractivity contribution in [2.45, 2.75) is 94.4 Å². The Kier molecular flexibility index (Phi) is 8.00. The third-order valence-electron chi connectivity index (χ3n) is 8.77. The maximum absolute atomic E-state index is 14.0. The zero-order valence-corrected chi connectivity index (χ0v) is 23.9. The van der Waals surface area contributed by atoms with Crippen LogP contribution in [0.25, 0.3) is 5.65 Å². The summed E-state index contributed by atoms with van der Waals surface area (Å²) in [6, 6.07) is 0.223. The van der Waals surface area contributed by atoms with E-state index in [1.54, 1.807) is 12.3 Å². The molecule has 3 aromatic heterocycles. The second kappa shape index (κ2) is 11.5. The lowest BCUT2D eigenvalue weighted by Gasteiger charge is -2.33. The van der Waals surface area contributed by atoms with Gasteiger partial charge in [0.05, 0.1) is 43.1 Å². The van der Waals surface area contributed by atoms with Crippen LogP contribution in [0.3, 0.4) is 0 Å². The maximum atomic E-state index is 14.0. The van der Waals surface area contributed by atoms with E-state index in [1.807, 2.05) is 0 Å². The molecule has 3 saturated carbocycles. The number of carbonyl (C=O) groups is 2. The number of rotatable bonds is 11. The standard InChI is InChI=1S/C28H31F7N8O2/c29-26(30)6-3-16(4-7-26)23(41-25(45)24-36-14-38-43(24)12-18-10-27(18,31)32)19-13-42-20(39-19)9-17(11-37-42)22(15-1-2-15)40-21(44)5-8-28(33,34)35/h9,11,13-16,18,22-23H,1-8,10,12H2,(H,40,44)(H,41,45)/t18?,22-,23+/m0/s1. The number of aromatic nitrogens is 6. The first-order valence-electron chi connectivity index (χ1n) is 14.8. The molecule has 3 heterocycles. The Morgan fingerprint density at radius 1 is 1.00 bits per heavy atom. The van der Waals surface area contributed by atoms with Crippen LogP contribution in [0.4, 0.5) is 30.7 Å². The van der Waals surface area contributed by atoms with Crippen molar-refractivity contribution < 1.29 is 40.3 Å². The quantitative estimate of drug-likeness (QED) is 0.278. The molecule has 244 valence electrons. The number of nitrogens with zero attached hydrogens (tertiary/aromatic N) is 6. The van der Waals surface area contributed by atoms with Crippen LogP contribution in [-0.2, 0) is 11.3 Å². The van der Waals surface area contributed by atoms with Gasteiger partial charge in [-0.2, -0.15) is 23.4 Å². The molecule has 17 heteroatoms. The van der Waals surface area contributed by atoms with Crippen molar-refractivity contribution in [1.82, 2.24) is 40.0 Å². The zero-order valence-electron chi connectivity index (χ0n) is 23.9. The average molecular weight is 645 g/mol. The van der Waals surface area contributed by atoms with Crippen LogP contribution in [0.5, 0.6) is 0 Å². The van der Waals surface area contributed by atoms with Crippen molar-refractivity contribution in [3.63, 3.8) is 0 Å². The minimum absolute atomic E-state index is 0.0300. The highest BCUT2D eigenvalue weighted by molar-refractivity contribution is 5.90. The summed E-state index contributed by atoms with van der Waals surface area (Å²) in [4.78, 5) is 34.2. The summed E-state index contributed by atoms with van der Waals surface area (Å²) in [6.07, 6.45) is -1.65. The molecule has 0 bridgehead atoms. The number of nitrogens with one attached hydrogen (secondary N) is 2. The summed E-state index contributed by atoms with van der Waals surface area (Å²) in [7, 11) is 0. The van der Waals surface area contributed by atoms with Gasteiger partial charge in [0.2, 0.25) is 17.7 Å². The molecule has 10 nitrogen and oxygen atoms in total. The van der Waals surface area contributed by atoms with Gasteiger partial charge in [0.25, 0.3) is 11.8 Å². The Morgan fingerprint density at radius 2 is 1.69 bits per heavy atom. The second-order valence-electron chi connectivity index (χ2n) is 12.3. The molecule has 1 unspecified atom stereocenters. The fourth-order valence-corrected chi connectivity index (χ4v) is 5.92. The molecule has 2 amide bonds. The molecular formula is C28H31F7N8O2. The molecule has 0 saturated heterocycles. The average Bonchev–Trinajstić information content (AvgIpc) is 3.78. The van der Waals surface area contributed by atoms with E-state index in [-0.39, 0.29) is 50.4 Å². The van der Waals surface area contributed by atoms with Gasteiger partial charge >= 0.3 is 6.18 Å². The normalized spacial score (nSPS) is 22.6. The first kappa shape index (κ1) is 31.2. The van der Waals surface area contributed by atoms with E-state index in [9.17, 15) is 40.3 Å². The Bertz CT molecular complexity index is 1560. The lowest BCUT2D eigenvalue weighted by atomic mass is 9.81. The lowest BCUT2D eigenvalue weighted by Crippen LogP contribution is -2.38. The van der Waals surface area contributed by atoms with E-state index in [4.69, 9.17) is 0 Å². The molecular weight excluding hydrogens is 613 g/mol. The predicted octanol–water partition coefficient (Wildman–Crippen LogP) is 5.18. The van der Waals surface area contributed by atoms with Crippen LogP contribution in [0.15, 0.2) is 24.8 Å². The van der Waals surface area contributed by atoms with Crippen LogP contribution in [0.2, 0.25) is 0 Å². The number of hydrogen-bond acceptors (Lipinski definition) is 6. The molecule has 0 radical (unpaired) electrons. The van der Waals surface area contributed by atoms with Crippen molar-refractivity contribution in [2.75, 3.05) is 0 Å². The van der Waals surface area contributed by atoms with Gasteiger partial charge in [-0.15, -0.1) is 0 Å². The van der Waals surface area contributed by atoms with Crippen molar-refractivity contribution in [1.29, 1.82) is 0 Å². The molecule has 3 aliphatic carbocycles. The highest BCUT2D eigenvalue weighted by atomic mass is 19.4. The third kappa shape index (κ3) is 7.38. The van der Waals surface area contributed by atoms with Gasteiger partial charge < -0.3 is 10.6 Å². The molecule has 0 aromatic carbocycles. The van der Waals surface area contributed by atoms with Gasteiger partial charge in [0, 0.05) is 31.6 Å². The fraction of sp³-hybridized carbons (Fsp3) is 0.643. The molecule has 3 aromatic rings. The Balaban J connectivity index is 1.24. The van der Waals surface area contributed by atoms with Gasteiger partial charge in [-0.3, -0.25) is 9.59 Å². The minimum atomic E-state index is -4.46. The van der Waals surface area contributed by atoms with Crippen molar-refractivity contribution in [3.05, 3.63) is 41.9 Å². The molecule has 3 fully saturated rings. The third-order valence-corrected chi connectivity index (χ3v) is 8.77. The fourth-order valence-electron chi connectivity index (χ4n) is 5.92. The first-order valence-corrected chi connectivity index (χ1v) is 14.8. The van der Waals surface area contributed by atoms with Gasteiger partial charge in [-0.25, -0.2) is 36.7 Å². The Morgan fingerprint density at radius 3 is 2.33 bits per heavy atom. The van der Waals surface area contributed by atoms with E-state index in [0.29, 0.717) is 16.9 Å². The van der Waals surface area contributed by atoms with Crippen molar-refractivity contribution in [2.24, 2.45) is 17.8 Å². The summed E-state index contributed by atoms with van der Waals surface area (Å²) in [6.45, 7) is -0.202. The van der Waals surface area contributed by atoms with E-state index in [0.717, 1.165) is 23.9 Å². The summed E-state index contributed by atoms with van der Waals surface area (Å²) >= 11 is 0. The van der Waals surface area contributed by atoms with Crippen LogP contribution in [0, 0.1) is 17.8 Å². The highest BCUT2D eigenvalue weighted by Crippen LogP contribution is 2.49. The summed E-state index contributed by atoms with van der Waals surface area (Å²) < 4.78 is 95.5. The predicted molar refractivity (Wildman–Crippen MR) is 142 cm³/mol. The largest absolute Gasteiger partial charge is 0.389 e. The first-order chi connectivity index (χ1) is 21.2. The number of fused-ring (bicyclic) bond motifs is 1. The van der Waals surface area contributed by atoms with Crippen molar-refractivity contribution in [3.8, 4) is 0 Å². The molecule has 0 aliphatic heterocycles. The zero-order chi connectivity index (χ0) is 32.1. The molecule has 3 atom stereocenters. The molecule has 0 spiro atoms. The second-order valence-corrected chi connectivity index (χ2v) is 12.3. The maximum Gasteiger partial charge on any atom is 0.389 e. The summed E-state index contributed by atoms with van der Waals surface area (Å²) in [5.41, 5.74) is 1.18.